The molecule has 0 spiro atoms. The van der Waals surface area contributed by atoms with E-state index < -0.39 is 5.97 Å². The SMILES string of the molecule is O=C(O)C1CC(N2CCNc3cc(Br)ccc32)C1. The molecule has 1 saturated carbocycles. The van der Waals surface area contributed by atoms with Crippen LogP contribution in [-0.2, 0) is 4.79 Å². The van der Waals surface area contributed by atoms with Crippen LogP contribution in [0.4, 0.5) is 11.4 Å². The van der Waals surface area contributed by atoms with Gasteiger partial charge in [0.15, 0.2) is 0 Å². The van der Waals surface area contributed by atoms with Gasteiger partial charge in [-0.15, -0.1) is 0 Å². The number of aliphatic carboxylic acids is 1. The van der Waals surface area contributed by atoms with E-state index in [1.54, 1.807) is 0 Å². The smallest absolute Gasteiger partial charge is 0.306 e. The second-order valence-electron chi connectivity index (χ2n) is 4.94. The molecule has 0 bridgehead atoms. The largest absolute Gasteiger partial charge is 0.481 e. The van der Waals surface area contributed by atoms with Gasteiger partial charge in [-0.05, 0) is 31.0 Å². The maximum Gasteiger partial charge on any atom is 0.306 e. The van der Waals surface area contributed by atoms with Crippen molar-refractivity contribution in [2.24, 2.45) is 5.92 Å². The molecule has 96 valence electrons. The molecule has 1 aromatic rings. The average Bonchev–Trinajstić information content (AvgIpc) is 2.26. The van der Waals surface area contributed by atoms with Gasteiger partial charge < -0.3 is 15.3 Å². The summed E-state index contributed by atoms with van der Waals surface area (Å²) in [5.41, 5.74) is 2.33. The van der Waals surface area contributed by atoms with Gasteiger partial charge >= 0.3 is 5.97 Å². The molecule has 5 heteroatoms. The maximum absolute atomic E-state index is 10.9. The Kier molecular flexibility index (Phi) is 2.93. The highest BCUT2D eigenvalue weighted by molar-refractivity contribution is 9.10. The van der Waals surface area contributed by atoms with Crippen molar-refractivity contribution in [3.63, 3.8) is 0 Å². The first-order chi connectivity index (χ1) is 8.65. The van der Waals surface area contributed by atoms with Crippen molar-refractivity contribution >= 4 is 33.3 Å². The minimum atomic E-state index is -0.655. The van der Waals surface area contributed by atoms with Gasteiger partial charge in [-0.2, -0.15) is 0 Å². The van der Waals surface area contributed by atoms with E-state index in [4.69, 9.17) is 5.11 Å². The van der Waals surface area contributed by atoms with Gasteiger partial charge in [0, 0.05) is 23.6 Å². The molecule has 0 amide bonds. The normalized spacial score (nSPS) is 25.9. The van der Waals surface area contributed by atoms with Crippen LogP contribution in [0.1, 0.15) is 12.8 Å². The van der Waals surface area contributed by atoms with E-state index in [0.29, 0.717) is 6.04 Å². The Morgan fingerprint density at radius 1 is 1.44 bits per heavy atom. The first-order valence-electron chi connectivity index (χ1n) is 6.18. The van der Waals surface area contributed by atoms with Gasteiger partial charge in [-0.1, -0.05) is 15.9 Å². The van der Waals surface area contributed by atoms with E-state index in [-0.39, 0.29) is 5.92 Å². The first-order valence-corrected chi connectivity index (χ1v) is 6.97. The number of hydrogen-bond donors (Lipinski definition) is 2. The summed E-state index contributed by atoms with van der Waals surface area (Å²) >= 11 is 3.47. The third-order valence-electron chi connectivity index (χ3n) is 3.84. The Bertz CT molecular complexity index is 486. The molecule has 2 aliphatic rings. The van der Waals surface area contributed by atoms with Crippen LogP contribution in [0, 0.1) is 5.92 Å². The molecule has 1 heterocycles. The van der Waals surface area contributed by atoms with Crippen molar-refractivity contribution in [2.45, 2.75) is 18.9 Å². The number of benzene rings is 1. The fraction of sp³-hybridized carbons (Fsp3) is 0.462. The number of hydrogen-bond acceptors (Lipinski definition) is 3. The van der Waals surface area contributed by atoms with E-state index in [2.05, 4.69) is 38.3 Å². The zero-order chi connectivity index (χ0) is 12.7. The highest BCUT2D eigenvalue weighted by atomic mass is 79.9. The summed E-state index contributed by atoms with van der Waals surface area (Å²) in [6, 6.07) is 6.59. The summed E-state index contributed by atoms with van der Waals surface area (Å²) in [5.74, 6) is -0.804. The monoisotopic (exact) mass is 310 g/mol. The number of anilines is 2. The van der Waals surface area contributed by atoms with Crippen LogP contribution in [0.15, 0.2) is 22.7 Å². The molecule has 0 unspecified atom stereocenters. The van der Waals surface area contributed by atoms with Gasteiger partial charge in [-0.3, -0.25) is 4.79 Å². The maximum atomic E-state index is 10.9. The summed E-state index contributed by atoms with van der Waals surface area (Å²) in [5, 5.41) is 12.3. The van der Waals surface area contributed by atoms with E-state index in [0.717, 1.165) is 36.1 Å². The molecule has 1 fully saturated rings. The molecule has 2 N–H and O–H groups in total. The lowest BCUT2D eigenvalue weighted by Crippen LogP contribution is -2.50. The third kappa shape index (κ3) is 1.96. The predicted molar refractivity (Wildman–Crippen MR) is 74.1 cm³/mol. The molecule has 0 aromatic heterocycles. The zero-order valence-corrected chi connectivity index (χ0v) is 11.5. The average molecular weight is 311 g/mol. The topological polar surface area (TPSA) is 52.6 Å². The second kappa shape index (κ2) is 4.46. The fourth-order valence-electron chi connectivity index (χ4n) is 2.75. The van der Waals surface area contributed by atoms with Crippen LogP contribution in [0.3, 0.4) is 0 Å². The zero-order valence-electron chi connectivity index (χ0n) is 9.90. The Hall–Kier alpha value is -1.23. The van der Waals surface area contributed by atoms with Gasteiger partial charge in [0.05, 0.1) is 17.3 Å². The number of nitrogens with one attached hydrogen (secondary N) is 1. The molecule has 0 atom stereocenters. The minimum Gasteiger partial charge on any atom is -0.481 e. The molecule has 1 aliphatic heterocycles. The Morgan fingerprint density at radius 2 is 2.22 bits per heavy atom. The highest BCUT2D eigenvalue weighted by Gasteiger charge is 2.39. The second-order valence-corrected chi connectivity index (χ2v) is 5.86. The summed E-state index contributed by atoms with van der Waals surface area (Å²) in [6.45, 7) is 1.86. The molecule has 4 nitrogen and oxygen atoms in total. The van der Waals surface area contributed by atoms with Crippen LogP contribution < -0.4 is 10.2 Å². The Morgan fingerprint density at radius 3 is 2.94 bits per heavy atom. The standard InChI is InChI=1S/C13H15BrN2O2/c14-9-1-2-12-11(7-9)15-3-4-16(12)10-5-8(6-10)13(17)18/h1-2,7-8,10,15H,3-6H2,(H,17,18). The highest BCUT2D eigenvalue weighted by Crippen LogP contribution is 2.39. The fourth-order valence-corrected chi connectivity index (χ4v) is 3.12. The van der Waals surface area contributed by atoms with Crippen LogP contribution in [0.2, 0.25) is 0 Å². The molecular formula is C13H15BrN2O2. The van der Waals surface area contributed by atoms with Crippen molar-refractivity contribution in [3.8, 4) is 0 Å². The lowest BCUT2D eigenvalue weighted by molar-refractivity contribution is -0.145. The lowest BCUT2D eigenvalue weighted by Gasteiger charge is -2.45. The van der Waals surface area contributed by atoms with E-state index in [1.165, 1.54) is 5.69 Å². The van der Waals surface area contributed by atoms with E-state index in [1.807, 2.05) is 6.07 Å². The molecule has 1 aliphatic carbocycles. The van der Waals surface area contributed by atoms with Crippen LogP contribution >= 0.6 is 15.9 Å². The summed E-state index contributed by atoms with van der Waals surface area (Å²) in [6.07, 6.45) is 1.54. The van der Waals surface area contributed by atoms with Gasteiger partial charge in [-0.25, -0.2) is 0 Å². The van der Waals surface area contributed by atoms with Crippen molar-refractivity contribution in [2.75, 3.05) is 23.3 Å². The number of carboxylic acids is 1. The van der Waals surface area contributed by atoms with Crippen LogP contribution in [0.25, 0.3) is 0 Å². The molecule has 0 saturated heterocycles. The molecule has 18 heavy (non-hydrogen) atoms. The molecule has 0 radical (unpaired) electrons. The van der Waals surface area contributed by atoms with E-state index in [9.17, 15) is 4.79 Å². The summed E-state index contributed by atoms with van der Waals surface area (Å²) in [4.78, 5) is 13.2. The molecule has 3 rings (SSSR count). The number of carbonyl (C=O) groups is 1. The summed E-state index contributed by atoms with van der Waals surface area (Å²) < 4.78 is 1.06. The van der Waals surface area contributed by atoms with Gasteiger partial charge in [0.2, 0.25) is 0 Å². The van der Waals surface area contributed by atoms with Crippen molar-refractivity contribution in [1.29, 1.82) is 0 Å². The lowest BCUT2D eigenvalue weighted by atomic mass is 9.79. The van der Waals surface area contributed by atoms with Gasteiger partial charge in [0.1, 0.15) is 0 Å². The summed E-state index contributed by atoms with van der Waals surface area (Å²) in [7, 11) is 0. The van der Waals surface area contributed by atoms with Crippen molar-refractivity contribution in [1.82, 2.24) is 0 Å². The Labute approximate surface area is 114 Å². The predicted octanol–water partition coefficient (Wildman–Crippen LogP) is 2.54. The number of fused-ring (bicyclic) bond motifs is 1. The van der Waals surface area contributed by atoms with Crippen LogP contribution in [0.5, 0.6) is 0 Å². The third-order valence-corrected chi connectivity index (χ3v) is 4.33. The Balaban J connectivity index is 1.78. The van der Waals surface area contributed by atoms with Gasteiger partial charge in [0.25, 0.3) is 0 Å². The first kappa shape index (κ1) is 11.8. The molecular weight excluding hydrogens is 296 g/mol. The van der Waals surface area contributed by atoms with E-state index >= 15 is 0 Å². The number of carboxylic acid groups (broad SMARTS) is 1. The molecule has 1 aromatic carbocycles. The minimum absolute atomic E-state index is 0.149. The quantitative estimate of drug-likeness (QED) is 0.881. The number of halogens is 1. The number of rotatable bonds is 2. The van der Waals surface area contributed by atoms with Crippen LogP contribution in [-0.4, -0.2) is 30.2 Å². The van der Waals surface area contributed by atoms with Crippen molar-refractivity contribution in [3.05, 3.63) is 22.7 Å². The van der Waals surface area contributed by atoms with Crippen molar-refractivity contribution < 1.29 is 9.90 Å². The number of nitrogens with zero attached hydrogens (tertiary/aromatic N) is 1.